The highest BCUT2D eigenvalue weighted by Crippen LogP contribution is 2.27. The minimum absolute atomic E-state index is 0.0929. The van der Waals surface area contributed by atoms with Gasteiger partial charge in [0.25, 0.3) is 0 Å². The minimum Gasteiger partial charge on any atom is -0.480 e. The molecule has 1 saturated heterocycles. The van der Waals surface area contributed by atoms with Gasteiger partial charge in [-0.15, -0.1) is 0 Å². The molecule has 2 aliphatic rings. The molecule has 0 bridgehead atoms. The number of nitrogens with one attached hydrogen (secondary N) is 1. The summed E-state index contributed by atoms with van der Waals surface area (Å²) in [4.78, 5) is 24.9. The Balaban J connectivity index is 1.88. The molecule has 1 aliphatic carbocycles. The molecule has 1 unspecified atom stereocenters. The normalized spacial score (nSPS) is 28.8. The first-order valence-corrected chi connectivity index (χ1v) is 7.36. The lowest BCUT2D eigenvalue weighted by molar-refractivity contribution is -0.143. The van der Waals surface area contributed by atoms with Gasteiger partial charge in [0, 0.05) is 13.1 Å². The number of carbonyl (C=O) groups is 2. The molecule has 1 atom stereocenters. The van der Waals surface area contributed by atoms with Crippen LogP contribution < -0.4 is 11.1 Å². The van der Waals surface area contributed by atoms with Crippen molar-refractivity contribution in [1.82, 2.24) is 10.2 Å². The molecule has 0 spiro atoms. The first-order chi connectivity index (χ1) is 9.89. The van der Waals surface area contributed by atoms with Gasteiger partial charge in [-0.2, -0.15) is 5.26 Å². The van der Waals surface area contributed by atoms with Crippen molar-refractivity contribution >= 4 is 11.9 Å². The zero-order valence-corrected chi connectivity index (χ0v) is 12.1. The summed E-state index contributed by atoms with van der Waals surface area (Å²) in [6.45, 7) is 0.737. The zero-order valence-electron chi connectivity index (χ0n) is 12.1. The Morgan fingerprint density at radius 3 is 2.48 bits per heavy atom. The summed E-state index contributed by atoms with van der Waals surface area (Å²) in [6.07, 6.45) is 4.69. The number of rotatable bonds is 4. The van der Waals surface area contributed by atoms with Gasteiger partial charge in [-0.1, -0.05) is 19.3 Å². The molecule has 1 amide bonds. The molecule has 0 aromatic heterocycles. The highest BCUT2D eigenvalue weighted by Gasteiger charge is 2.42. The summed E-state index contributed by atoms with van der Waals surface area (Å²) < 4.78 is 0. The van der Waals surface area contributed by atoms with E-state index in [9.17, 15) is 14.9 Å². The monoisotopic (exact) mass is 294 g/mol. The molecule has 2 fully saturated rings. The lowest BCUT2D eigenvalue weighted by atomic mass is 9.83. The average molecular weight is 294 g/mol. The predicted molar refractivity (Wildman–Crippen MR) is 75.2 cm³/mol. The fourth-order valence-corrected chi connectivity index (χ4v) is 3.15. The van der Waals surface area contributed by atoms with Crippen LogP contribution in [0.4, 0.5) is 0 Å². The van der Waals surface area contributed by atoms with Crippen LogP contribution in [-0.2, 0) is 9.59 Å². The number of nitriles is 1. The van der Waals surface area contributed by atoms with Crippen LogP contribution in [0, 0.1) is 11.3 Å². The molecule has 1 heterocycles. The van der Waals surface area contributed by atoms with Crippen LogP contribution in [0.3, 0.4) is 0 Å². The Kier molecular flexibility index (Phi) is 4.49. The Labute approximate surface area is 124 Å². The maximum absolute atomic E-state index is 12.1. The molecular weight excluding hydrogens is 272 g/mol. The van der Waals surface area contributed by atoms with Gasteiger partial charge in [0.1, 0.15) is 11.1 Å². The SMILES string of the molecule is N#CC1(NC(=O)CN2CCC(N)(C(=O)O)C2)CCCCC1. The smallest absolute Gasteiger partial charge is 0.325 e. The number of amides is 1. The van der Waals surface area contributed by atoms with Crippen LogP contribution in [-0.4, -0.2) is 52.6 Å². The fraction of sp³-hybridized carbons (Fsp3) is 0.786. The second-order valence-corrected chi connectivity index (χ2v) is 6.22. The van der Waals surface area contributed by atoms with Gasteiger partial charge >= 0.3 is 5.97 Å². The van der Waals surface area contributed by atoms with E-state index in [1.54, 1.807) is 4.90 Å². The van der Waals surface area contributed by atoms with Crippen molar-refractivity contribution in [1.29, 1.82) is 5.26 Å². The Bertz CT molecular complexity index is 467. The molecule has 116 valence electrons. The molecule has 0 aromatic carbocycles. The van der Waals surface area contributed by atoms with Crippen molar-refractivity contribution in [3.05, 3.63) is 0 Å². The summed E-state index contributed by atoms with van der Waals surface area (Å²) in [7, 11) is 0. The third-order valence-electron chi connectivity index (χ3n) is 4.47. The first kappa shape index (κ1) is 15.7. The molecule has 7 nitrogen and oxygen atoms in total. The van der Waals surface area contributed by atoms with Crippen LogP contribution in [0.15, 0.2) is 0 Å². The Morgan fingerprint density at radius 1 is 1.29 bits per heavy atom. The highest BCUT2D eigenvalue weighted by atomic mass is 16.4. The van der Waals surface area contributed by atoms with Crippen LogP contribution in [0.25, 0.3) is 0 Å². The maximum Gasteiger partial charge on any atom is 0.325 e. The van der Waals surface area contributed by atoms with Crippen molar-refractivity contribution in [3.8, 4) is 6.07 Å². The third-order valence-corrected chi connectivity index (χ3v) is 4.47. The van der Waals surface area contributed by atoms with Gasteiger partial charge in [-0.3, -0.25) is 14.5 Å². The lowest BCUT2D eigenvalue weighted by Gasteiger charge is -2.32. The van der Waals surface area contributed by atoms with Crippen molar-refractivity contribution in [2.75, 3.05) is 19.6 Å². The van der Waals surface area contributed by atoms with Gasteiger partial charge < -0.3 is 16.2 Å². The Morgan fingerprint density at radius 2 is 1.95 bits per heavy atom. The summed E-state index contributed by atoms with van der Waals surface area (Å²) in [5, 5.41) is 21.2. The summed E-state index contributed by atoms with van der Waals surface area (Å²) in [6, 6.07) is 2.24. The first-order valence-electron chi connectivity index (χ1n) is 7.36. The summed E-state index contributed by atoms with van der Waals surface area (Å²) in [5.74, 6) is -1.26. The van der Waals surface area contributed by atoms with Gasteiger partial charge in [-0.05, 0) is 19.3 Å². The van der Waals surface area contributed by atoms with Gasteiger partial charge in [0.15, 0.2) is 0 Å². The average Bonchev–Trinajstić information content (AvgIpc) is 2.82. The topological polar surface area (TPSA) is 119 Å². The van der Waals surface area contributed by atoms with Gasteiger partial charge in [-0.25, -0.2) is 0 Å². The molecule has 0 radical (unpaired) electrons. The van der Waals surface area contributed by atoms with Crippen LogP contribution in [0.2, 0.25) is 0 Å². The summed E-state index contributed by atoms with van der Waals surface area (Å²) >= 11 is 0. The number of carboxylic acids is 1. The van der Waals surface area contributed by atoms with Gasteiger partial charge in [0.2, 0.25) is 5.91 Å². The van der Waals surface area contributed by atoms with Crippen molar-refractivity contribution in [2.24, 2.45) is 5.73 Å². The number of hydrogen-bond donors (Lipinski definition) is 3. The molecule has 21 heavy (non-hydrogen) atoms. The van der Waals surface area contributed by atoms with Crippen molar-refractivity contribution in [3.63, 3.8) is 0 Å². The summed E-state index contributed by atoms with van der Waals surface area (Å²) in [5.41, 5.74) is 3.76. The van der Waals surface area contributed by atoms with E-state index in [4.69, 9.17) is 10.8 Å². The van der Waals surface area contributed by atoms with Crippen LogP contribution >= 0.6 is 0 Å². The highest BCUT2D eigenvalue weighted by molar-refractivity contribution is 5.81. The van der Waals surface area contributed by atoms with E-state index in [1.165, 1.54) is 0 Å². The van der Waals surface area contributed by atoms with E-state index in [0.717, 1.165) is 19.3 Å². The van der Waals surface area contributed by atoms with Crippen LogP contribution in [0.1, 0.15) is 38.5 Å². The zero-order chi connectivity index (χ0) is 15.5. The van der Waals surface area contributed by atoms with E-state index in [-0.39, 0.29) is 19.0 Å². The van der Waals surface area contributed by atoms with E-state index in [2.05, 4.69) is 11.4 Å². The number of nitrogens with two attached hydrogens (primary N) is 1. The molecule has 7 heteroatoms. The largest absolute Gasteiger partial charge is 0.480 e. The number of likely N-dealkylation sites (tertiary alicyclic amines) is 1. The van der Waals surface area contributed by atoms with E-state index in [0.29, 0.717) is 25.8 Å². The third kappa shape index (κ3) is 3.52. The molecule has 2 rings (SSSR count). The van der Waals surface area contributed by atoms with Crippen molar-refractivity contribution < 1.29 is 14.7 Å². The lowest BCUT2D eigenvalue weighted by Crippen LogP contribution is -2.53. The predicted octanol–water partition coefficient (Wildman–Crippen LogP) is -0.183. The maximum atomic E-state index is 12.1. The minimum atomic E-state index is -1.27. The quantitative estimate of drug-likeness (QED) is 0.661. The van der Waals surface area contributed by atoms with E-state index < -0.39 is 17.0 Å². The van der Waals surface area contributed by atoms with Crippen molar-refractivity contribution in [2.45, 2.75) is 49.6 Å². The van der Waals surface area contributed by atoms with E-state index in [1.807, 2.05) is 0 Å². The number of aliphatic carboxylic acids is 1. The second-order valence-electron chi connectivity index (χ2n) is 6.22. The molecular formula is C14H22N4O3. The molecule has 1 saturated carbocycles. The van der Waals surface area contributed by atoms with E-state index >= 15 is 0 Å². The number of carboxylic acid groups (broad SMARTS) is 1. The second kappa shape index (κ2) is 6.00. The molecule has 0 aromatic rings. The number of hydrogen-bond acceptors (Lipinski definition) is 5. The van der Waals surface area contributed by atoms with Crippen LogP contribution in [0.5, 0.6) is 0 Å². The number of nitrogens with zero attached hydrogens (tertiary/aromatic N) is 2. The number of carbonyl (C=O) groups excluding carboxylic acids is 1. The standard InChI is InChI=1S/C14H22N4O3/c15-9-13(4-2-1-3-5-13)17-11(19)8-18-7-6-14(16,10-18)12(20)21/h1-8,10,16H2,(H,17,19)(H,20,21). The molecule has 4 N–H and O–H groups in total. The Hall–Kier alpha value is -1.65. The fourth-order valence-electron chi connectivity index (χ4n) is 3.15. The van der Waals surface area contributed by atoms with Gasteiger partial charge in [0.05, 0.1) is 12.6 Å². The molecule has 1 aliphatic heterocycles.